The van der Waals surface area contributed by atoms with Crippen molar-refractivity contribution in [3.63, 3.8) is 0 Å². The fourth-order valence-corrected chi connectivity index (χ4v) is 3.56. The van der Waals surface area contributed by atoms with E-state index in [1.807, 2.05) is 78.9 Å². The molecule has 4 rings (SSSR count). The van der Waals surface area contributed by atoms with E-state index in [0.29, 0.717) is 27.7 Å². The molecule has 1 heterocycles. The van der Waals surface area contributed by atoms with Crippen LogP contribution in [0.2, 0.25) is 5.02 Å². The molecule has 0 aliphatic carbocycles. The highest BCUT2D eigenvalue weighted by atomic mass is 79.9. The Bertz CT molecular complexity index is 1200. The van der Waals surface area contributed by atoms with Gasteiger partial charge in [0.15, 0.2) is 0 Å². The summed E-state index contributed by atoms with van der Waals surface area (Å²) in [5.41, 5.74) is 3.30. The second-order valence-corrected chi connectivity index (χ2v) is 7.60. The summed E-state index contributed by atoms with van der Waals surface area (Å²) in [6, 6.07) is 28.7. The van der Waals surface area contributed by atoms with Crippen molar-refractivity contribution in [3.8, 4) is 40.1 Å². The first-order chi connectivity index (χ1) is 14.1. The molecule has 5 heteroatoms. The number of rotatable bonds is 4. The third-order valence-electron chi connectivity index (χ3n) is 4.31. The summed E-state index contributed by atoms with van der Waals surface area (Å²) in [6.45, 7) is 0. The Morgan fingerprint density at radius 2 is 1.55 bits per heavy atom. The lowest BCUT2D eigenvalue weighted by Gasteiger charge is -2.11. The van der Waals surface area contributed by atoms with Gasteiger partial charge in [0.1, 0.15) is 17.6 Å². The largest absolute Gasteiger partial charge is 0.457 e. The van der Waals surface area contributed by atoms with Gasteiger partial charge in [-0.05, 0) is 54.6 Å². The van der Waals surface area contributed by atoms with Crippen LogP contribution in [0.4, 0.5) is 0 Å². The first-order valence-corrected chi connectivity index (χ1v) is 10.0. The molecule has 0 N–H and O–H groups in total. The Morgan fingerprint density at radius 3 is 2.24 bits per heavy atom. The highest BCUT2D eigenvalue weighted by Gasteiger charge is 2.14. The molecule has 29 heavy (non-hydrogen) atoms. The van der Waals surface area contributed by atoms with Crippen molar-refractivity contribution < 1.29 is 4.74 Å². The maximum absolute atomic E-state index is 9.61. The highest BCUT2D eigenvalue weighted by molar-refractivity contribution is 9.10. The molecule has 0 bridgehead atoms. The molecule has 0 unspecified atom stereocenters. The third kappa shape index (κ3) is 4.32. The first-order valence-electron chi connectivity index (χ1n) is 8.84. The van der Waals surface area contributed by atoms with E-state index in [0.717, 1.165) is 21.3 Å². The van der Waals surface area contributed by atoms with Crippen molar-refractivity contribution in [3.05, 3.63) is 100.0 Å². The SMILES string of the molecule is N#Cc1c(Cl)cc(-c2cccc(Br)c2)nc1-c1ccc(Oc2ccccc2)cc1. The third-order valence-corrected chi connectivity index (χ3v) is 5.10. The molecular formula is C24H14BrClN2O. The zero-order chi connectivity index (χ0) is 20.2. The zero-order valence-electron chi connectivity index (χ0n) is 15.1. The van der Waals surface area contributed by atoms with E-state index in [9.17, 15) is 5.26 Å². The Hall–Kier alpha value is -3.13. The molecule has 3 nitrogen and oxygen atoms in total. The molecule has 0 amide bonds. The molecule has 0 atom stereocenters. The molecule has 0 radical (unpaired) electrons. The predicted octanol–water partition coefficient (Wildman–Crippen LogP) is 7.50. The van der Waals surface area contributed by atoms with Crippen LogP contribution in [0.5, 0.6) is 11.5 Å². The molecule has 0 spiro atoms. The van der Waals surface area contributed by atoms with Gasteiger partial charge in [-0.1, -0.05) is 57.9 Å². The van der Waals surface area contributed by atoms with Gasteiger partial charge in [-0.15, -0.1) is 0 Å². The van der Waals surface area contributed by atoms with E-state index in [-0.39, 0.29) is 0 Å². The number of nitriles is 1. The number of hydrogen-bond donors (Lipinski definition) is 0. The maximum atomic E-state index is 9.61. The van der Waals surface area contributed by atoms with Gasteiger partial charge < -0.3 is 4.74 Å². The lowest BCUT2D eigenvalue weighted by Crippen LogP contribution is -1.94. The number of para-hydroxylation sites is 1. The number of hydrogen-bond acceptors (Lipinski definition) is 3. The van der Waals surface area contributed by atoms with Crippen LogP contribution in [0.25, 0.3) is 22.5 Å². The second-order valence-electron chi connectivity index (χ2n) is 6.27. The van der Waals surface area contributed by atoms with Crippen molar-refractivity contribution >= 4 is 27.5 Å². The van der Waals surface area contributed by atoms with E-state index < -0.39 is 0 Å². The summed E-state index contributed by atoms with van der Waals surface area (Å²) in [5, 5.41) is 9.98. The van der Waals surface area contributed by atoms with Crippen LogP contribution in [0.15, 0.2) is 89.4 Å². The van der Waals surface area contributed by atoms with Crippen molar-refractivity contribution in [2.45, 2.75) is 0 Å². The molecule has 0 fully saturated rings. The van der Waals surface area contributed by atoms with Gasteiger partial charge in [-0.2, -0.15) is 5.26 Å². The topological polar surface area (TPSA) is 45.9 Å². The fraction of sp³-hybridized carbons (Fsp3) is 0. The van der Waals surface area contributed by atoms with E-state index in [2.05, 4.69) is 22.0 Å². The fourth-order valence-electron chi connectivity index (χ4n) is 2.93. The van der Waals surface area contributed by atoms with Crippen LogP contribution in [-0.2, 0) is 0 Å². The van der Waals surface area contributed by atoms with Crippen molar-refractivity contribution in [1.82, 2.24) is 4.98 Å². The van der Waals surface area contributed by atoms with Crippen LogP contribution in [-0.4, -0.2) is 4.98 Å². The molecule has 4 aromatic rings. The van der Waals surface area contributed by atoms with Crippen molar-refractivity contribution in [2.24, 2.45) is 0 Å². The lowest BCUT2D eigenvalue weighted by atomic mass is 10.0. The summed E-state index contributed by atoms with van der Waals surface area (Å²) in [4.78, 5) is 4.73. The Balaban J connectivity index is 1.73. The lowest BCUT2D eigenvalue weighted by molar-refractivity contribution is 0.483. The molecule has 3 aromatic carbocycles. The van der Waals surface area contributed by atoms with Crippen LogP contribution >= 0.6 is 27.5 Å². The Kier molecular flexibility index (Phi) is 5.62. The summed E-state index contributed by atoms with van der Waals surface area (Å²) < 4.78 is 6.78. The van der Waals surface area contributed by atoms with Gasteiger partial charge in [0.05, 0.1) is 22.0 Å². The summed E-state index contributed by atoms with van der Waals surface area (Å²) in [7, 11) is 0. The zero-order valence-corrected chi connectivity index (χ0v) is 17.5. The predicted molar refractivity (Wildman–Crippen MR) is 119 cm³/mol. The quantitative estimate of drug-likeness (QED) is 0.316. The first kappa shape index (κ1) is 19.2. The average Bonchev–Trinajstić information content (AvgIpc) is 2.74. The van der Waals surface area contributed by atoms with Gasteiger partial charge in [0.2, 0.25) is 0 Å². The van der Waals surface area contributed by atoms with Crippen LogP contribution in [0.3, 0.4) is 0 Å². The molecule has 0 saturated heterocycles. The second kappa shape index (κ2) is 8.48. The molecular weight excluding hydrogens is 448 g/mol. The minimum atomic E-state index is 0.349. The van der Waals surface area contributed by atoms with Crippen LogP contribution < -0.4 is 4.74 Å². The smallest absolute Gasteiger partial charge is 0.127 e. The van der Waals surface area contributed by atoms with E-state index >= 15 is 0 Å². The Labute approximate surface area is 182 Å². The van der Waals surface area contributed by atoms with Crippen LogP contribution in [0.1, 0.15) is 5.56 Å². The minimum absolute atomic E-state index is 0.349. The van der Waals surface area contributed by atoms with Gasteiger partial charge in [0.25, 0.3) is 0 Å². The van der Waals surface area contributed by atoms with Gasteiger partial charge in [0, 0.05) is 15.6 Å². The van der Waals surface area contributed by atoms with Gasteiger partial charge in [-0.25, -0.2) is 4.98 Å². The van der Waals surface area contributed by atoms with Gasteiger partial charge >= 0.3 is 0 Å². The number of benzene rings is 3. The standard InChI is InChI=1S/C24H14BrClN2O/c25-18-6-4-5-17(13-18)23-14-22(26)21(15-27)24(28-23)16-9-11-20(12-10-16)29-19-7-2-1-3-8-19/h1-14H. The van der Waals surface area contributed by atoms with Crippen molar-refractivity contribution in [2.75, 3.05) is 0 Å². The minimum Gasteiger partial charge on any atom is -0.457 e. The molecule has 0 aliphatic heterocycles. The summed E-state index contributed by atoms with van der Waals surface area (Å²) >= 11 is 9.89. The molecule has 0 saturated carbocycles. The summed E-state index contributed by atoms with van der Waals surface area (Å²) in [5.74, 6) is 1.46. The maximum Gasteiger partial charge on any atom is 0.127 e. The number of nitrogens with zero attached hydrogens (tertiary/aromatic N) is 2. The summed E-state index contributed by atoms with van der Waals surface area (Å²) in [6.07, 6.45) is 0. The Morgan fingerprint density at radius 1 is 0.828 bits per heavy atom. The molecule has 0 aliphatic rings. The number of halogens is 2. The average molecular weight is 462 g/mol. The number of ether oxygens (including phenoxy) is 1. The molecule has 1 aromatic heterocycles. The van der Waals surface area contributed by atoms with Gasteiger partial charge in [-0.3, -0.25) is 0 Å². The molecule has 140 valence electrons. The highest BCUT2D eigenvalue weighted by Crippen LogP contribution is 2.33. The van der Waals surface area contributed by atoms with E-state index in [1.165, 1.54) is 0 Å². The number of pyridine rings is 1. The van der Waals surface area contributed by atoms with Crippen LogP contribution in [0, 0.1) is 11.3 Å². The number of aromatic nitrogens is 1. The van der Waals surface area contributed by atoms with Crippen molar-refractivity contribution in [1.29, 1.82) is 5.26 Å². The van der Waals surface area contributed by atoms with E-state index in [1.54, 1.807) is 6.07 Å². The normalized spacial score (nSPS) is 10.4. The monoisotopic (exact) mass is 460 g/mol. The van der Waals surface area contributed by atoms with E-state index in [4.69, 9.17) is 21.3 Å².